The van der Waals surface area contributed by atoms with Crippen molar-refractivity contribution in [2.75, 3.05) is 0 Å². The van der Waals surface area contributed by atoms with E-state index >= 15 is 0 Å². The van der Waals surface area contributed by atoms with Crippen molar-refractivity contribution in [1.29, 1.82) is 0 Å². The van der Waals surface area contributed by atoms with Gasteiger partial charge in [0.1, 0.15) is 5.65 Å². The number of hydrogen-bond acceptors (Lipinski definition) is 2. The molecule has 0 aliphatic heterocycles. The van der Waals surface area contributed by atoms with Gasteiger partial charge in [-0.05, 0) is 55.0 Å². The van der Waals surface area contributed by atoms with Gasteiger partial charge >= 0.3 is 0 Å². The van der Waals surface area contributed by atoms with Gasteiger partial charge in [-0.15, -0.1) is 0 Å². The van der Waals surface area contributed by atoms with E-state index in [0.717, 1.165) is 41.0 Å². The zero-order valence-corrected chi connectivity index (χ0v) is 19.3. The predicted molar refractivity (Wildman–Crippen MR) is 134 cm³/mol. The molecule has 168 valence electrons. The average molecular weight is 438 g/mol. The smallest absolute Gasteiger partial charge is 0.220 e. The minimum absolute atomic E-state index is 0.144. The lowest BCUT2D eigenvalue weighted by Gasteiger charge is -2.22. The maximum absolute atomic E-state index is 12.8. The van der Waals surface area contributed by atoms with Gasteiger partial charge in [0.25, 0.3) is 0 Å². The summed E-state index contributed by atoms with van der Waals surface area (Å²) < 4.78 is 2.18. The van der Waals surface area contributed by atoms with Crippen LogP contribution in [0.5, 0.6) is 0 Å². The first-order valence-electron chi connectivity index (χ1n) is 12.1. The molecule has 1 saturated carbocycles. The molecule has 4 heteroatoms. The van der Waals surface area contributed by atoms with E-state index < -0.39 is 0 Å². The number of amides is 1. The van der Waals surface area contributed by atoms with Crippen LogP contribution < -0.4 is 5.32 Å². The van der Waals surface area contributed by atoms with Crippen LogP contribution in [-0.4, -0.2) is 21.3 Å². The summed E-state index contributed by atoms with van der Waals surface area (Å²) in [7, 11) is 0. The Labute approximate surface area is 195 Å². The molecule has 1 aliphatic rings. The third-order valence-corrected chi connectivity index (χ3v) is 6.78. The van der Waals surface area contributed by atoms with E-state index in [9.17, 15) is 4.79 Å². The maximum atomic E-state index is 12.8. The average Bonchev–Trinajstić information content (AvgIpc) is 3.22. The van der Waals surface area contributed by atoms with E-state index in [4.69, 9.17) is 4.98 Å². The van der Waals surface area contributed by atoms with E-state index in [1.54, 1.807) is 0 Å². The van der Waals surface area contributed by atoms with Crippen molar-refractivity contribution in [2.45, 2.75) is 57.9 Å². The second-order valence-corrected chi connectivity index (χ2v) is 9.14. The van der Waals surface area contributed by atoms with Gasteiger partial charge in [-0.2, -0.15) is 0 Å². The number of carbonyl (C=O) groups excluding carboxylic acids is 1. The fourth-order valence-corrected chi connectivity index (χ4v) is 4.99. The number of benzene rings is 2. The van der Waals surface area contributed by atoms with Gasteiger partial charge in [0.2, 0.25) is 5.91 Å². The van der Waals surface area contributed by atoms with Gasteiger partial charge in [0.05, 0.1) is 11.4 Å². The summed E-state index contributed by atoms with van der Waals surface area (Å²) in [5.41, 5.74) is 7.66. The lowest BCUT2D eigenvalue weighted by molar-refractivity contribution is -0.122. The molecular formula is C29H31N3O. The highest BCUT2D eigenvalue weighted by atomic mass is 16.1. The molecule has 0 unspecified atom stereocenters. The van der Waals surface area contributed by atoms with Crippen LogP contribution in [0, 0.1) is 6.92 Å². The fraction of sp³-hybridized carbons (Fsp3) is 0.310. The molecule has 2 aromatic carbocycles. The molecule has 1 aliphatic carbocycles. The molecule has 4 nitrogen and oxygen atoms in total. The van der Waals surface area contributed by atoms with Crippen LogP contribution in [0.2, 0.25) is 0 Å². The Balaban J connectivity index is 1.49. The first-order valence-corrected chi connectivity index (χ1v) is 12.1. The molecule has 2 aromatic heterocycles. The van der Waals surface area contributed by atoms with E-state index in [1.807, 2.05) is 18.2 Å². The molecule has 0 spiro atoms. The number of fused-ring (bicyclic) bond motifs is 1. The molecule has 5 rings (SSSR count). The van der Waals surface area contributed by atoms with Crippen molar-refractivity contribution < 1.29 is 4.79 Å². The van der Waals surface area contributed by atoms with Crippen molar-refractivity contribution in [1.82, 2.24) is 14.7 Å². The topological polar surface area (TPSA) is 46.4 Å². The molecule has 0 saturated heterocycles. The molecule has 0 atom stereocenters. The molecule has 1 fully saturated rings. The van der Waals surface area contributed by atoms with Gasteiger partial charge in [-0.1, -0.05) is 73.9 Å². The number of rotatable bonds is 6. The lowest BCUT2D eigenvalue weighted by Crippen LogP contribution is -2.36. The fourth-order valence-electron chi connectivity index (χ4n) is 4.99. The summed E-state index contributed by atoms with van der Waals surface area (Å²) >= 11 is 0. The van der Waals surface area contributed by atoms with Gasteiger partial charge < -0.3 is 9.72 Å². The number of hydrogen-bond donors (Lipinski definition) is 1. The number of carbonyl (C=O) groups is 1. The summed E-state index contributed by atoms with van der Waals surface area (Å²) in [5, 5.41) is 3.26. The number of pyridine rings is 1. The van der Waals surface area contributed by atoms with Gasteiger partial charge in [0.15, 0.2) is 0 Å². The monoisotopic (exact) mass is 437 g/mol. The number of nitrogens with zero attached hydrogens (tertiary/aromatic N) is 2. The summed E-state index contributed by atoms with van der Waals surface area (Å²) in [6, 6.07) is 23.3. The van der Waals surface area contributed by atoms with Crippen LogP contribution >= 0.6 is 0 Å². The Morgan fingerprint density at radius 2 is 1.70 bits per heavy atom. The second-order valence-electron chi connectivity index (χ2n) is 9.14. The Morgan fingerprint density at radius 1 is 0.939 bits per heavy atom. The van der Waals surface area contributed by atoms with E-state index in [1.165, 1.54) is 30.4 Å². The number of aryl methyl sites for hydroxylation is 2. The molecule has 1 amide bonds. The second kappa shape index (κ2) is 9.62. The minimum atomic E-state index is 0.144. The predicted octanol–water partition coefficient (Wildman–Crippen LogP) is 6.36. The largest absolute Gasteiger partial charge is 0.353 e. The summed E-state index contributed by atoms with van der Waals surface area (Å²) in [5.74, 6) is 0.144. The van der Waals surface area contributed by atoms with Crippen LogP contribution in [0.15, 0.2) is 72.9 Å². The molecular weight excluding hydrogens is 406 g/mol. The Kier molecular flexibility index (Phi) is 6.25. The normalized spacial score (nSPS) is 14.5. The van der Waals surface area contributed by atoms with Crippen LogP contribution in [-0.2, 0) is 11.2 Å². The van der Waals surface area contributed by atoms with E-state index in [2.05, 4.69) is 71.4 Å². The van der Waals surface area contributed by atoms with Crippen LogP contribution in [0.1, 0.15) is 49.8 Å². The summed E-state index contributed by atoms with van der Waals surface area (Å²) in [6.07, 6.45) is 9.24. The minimum Gasteiger partial charge on any atom is -0.353 e. The van der Waals surface area contributed by atoms with Gasteiger partial charge in [-0.3, -0.25) is 4.79 Å². The highest BCUT2D eigenvalue weighted by Gasteiger charge is 2.19. The van der Waals surface area contributed by atoms with Crippen LogP contribution in [0.25, 0.3) is 28.0 Å². The van der Waals surface area contributed by atoms with Crippen molar-refractivity contribution in [3.63, 3.8) is 0 Å². The Hall–Kier alpha value is -3.40. The van der Waals surface area contributed by atoms with E-state index in [-0.39, 0.29) is 5.91 Å². The highest BCUT2D eigenvalue weighted by molar-refractivity contribution is 5.77. The zero-order chi connectivity index (χ0) is 22.6. The van der Waals surface area contributed by atoms with Crippen molar-refractivity contribution in [2.24, 2.45) is 0 Å². The van der Waals surface area contributed by atoms with Crippen LogP contribution in [0.4, 0.5) is 0 Å². The number of nitrogens with one attached hydrogen (secondary N) is 1. The Bertz CT molecular complexity index is 1250. The molecule has 1 N–H and O–H groups in total. The van der Waals surface area contributed by atoms with Gasteiger partial charge in [-0.25, -0.2) is 4.98 Å². The Morgan fingerprint density at radius 3 is 2.48 bits per heavy atom. The molecule has 4 aromatic rings. The standard InChI is InChI=1S/C29H31N3O/c1-21-10-8-9-15-25(21)23-16-18-27-31-29(22-11-4-2-5-12-22)26(32(27)20-23)17-19-28(33)30-24-13-6-3-7-14-24/h2,4-5,8-12,15-16,18,20,24H,3,6-7,13-14,17,19H2,1H3,(H,30,33). The van der Waals surface area contributed by atoms with Gasteiger partial charge in [0, 0.05) is 24.2 Å². The lowest BCUT2D eigenvalue weighted by atomic mass is 9.95. The third-order valence-electron chi connectivity index (χ3n) is 6.78. The summed E-state index contributed by atoms with van der Waals surface area (Å²) in [4.78, 5) is 17.7. The van der Waals surface area contributed by atoms with Crippen molar-refractivity contribution in [3.05, 3.63) is 84.2 Å². The summed E-state index contributed by atoms with van der Waals surface area (Å²) in [6.45, 7) is 2.14. The van der Waals surface area contributed by atoms with Crippen LogP contribution in [0.3, 0.4) is 0 Å². The van der Waals surface area contributed by atoms with Crippen molar-refractivity contribution in [3.8, 4) is 22.4 Å². The van der Waals surface area contributed by atoms with Crippen molar-refractivity contribution >= 4 is 11.6 Å². The molecule has 33 heavy (non-hydrogen) atoms. The quantitative estimate of drug-likeness (QED) is 0.382. The maximum Gasteiger partial charge on any atom is 0.220 e. The SMILES string of the molecule is Cc1ccccc1-c1ccc2nc(-c3ccccc3)c(CCC(=O)NC3CCCCC3)n2c1. The van der Waals surface area contributed by atoms with E-state index in [0.29, 0.717) is 18.9 Å². The zero-order valence-electron chi connectivity index (χ0n) is 19.3. The number of aromatic nitrogens is 2. The first kappa shape index (κ1) is 21.4. The molecule has 0 bridgehead atoms. The number of imidazole rings is 1. The first-order chi connectivity index (χ1) is 16.2. The highest BCUT2D eigenvalue weighted by Crippen LogP contribution is 2.29. The molecule has 2 heterocycles. The third kappa shape index (κ3) is 4.70. The molecule has 0 radical (unpaired) electrons.